The quantitative estimate of drug-likeness (QED) is 0.718. The minimum atomic E-state index is -0.131. The van der Waals surface area contributed by atoms with Gasteiger partial charge in [-0.25, -0.2) is 0 Å². The molecule has 1 aliphatic rings. The van der Waals surface area contributed by atoms with Crippen LogP contribution in [-0.4, -0.2) is 35.5 Å². The molecule has 2 heterocycles. The topological polar surface area (TPSA) is 42.4 Å². The maximum atomic E-state index is 11.5. The molecular weight excluding hydrogens is 204 g/mol. The molecule has 4 heteroatoms. The Balaban J connectivity index is 2.01. The molecule has 1 saturated heterocycles. The predicted molar refractivity (Wildman–Crippen MR) is 59.7 cm³/mol. The maximum Gasteiger partial charge on any atom is 0.323 e. The standard InChI is InChI=1S/C12H16N2O2/c1-16-12(15)11-6-4-8-14(11)9-10-5-2-3-7-13-10/h2-3,5,7,11H,4,6,8-9H2,1H3/t11-/m0/s1. The Kier molecular flexibility index (Phi) is 3.51. The van der Waals surface area contributed by atoms with Crippen molar-refractivity contribution in [2.24, 2.45) is 0 Å². The molecule has 0 bridgehead atoms. The Morgan fingerprint density at radius 2 is 2.50 bits per heavy atom. The third-order valence-electron chi connectivity index (χ3n) is 2.93. The summed E-state index contributed by atoms with van der Waals surface area (Å²) in [5.74, 6) is -0.131. The van der Waals surface area contributed by atoms with E-state index in [4.69, 9.17) is 4.74 Å². The highest BCUT2D eigenvalue weighted by Gasteiger charge is 2.31. The first-order valence-corrected chi connectivity index (χ1v) is 5.53. The van der Waals surface area contributed by atoms with Crippen LogP contribution in [0.25, 0.3) is 0 Å². The molecule has 1 atom stereocenters. The highest BCUT2D eigenvalue weighted by atomic mass is 16.5. The Hall–Kier alpha value is -1.42. The van der Waals surface area contributed by atoms with Crippen LogP contribution < -0.4 is 0 Å². The van der Waals surface area contributed by atoms with E-state index >= 15 is 0 Å². The molecule has 0 amide bonds. The average Bonchev–Trinajstić information content (AvgIpc) is 2.77. The van der Waals surface area contributed by atoms with Crippen molar-refractivity contribution in [3.63, 3.8) is 0 Å². The van der Waals surface area contributed by atoms with E-state index in [1.54, 1.807) is 6.20 Å². The van der Waals surface area contributed by atoms with E-state index in [2.05, 4.69) is 9.88 Å². The molecule has 0 radical (unpaired) electrons. The number of hydrogen-bond donors (Lipinski definition) is 0. The second kappa shape index (κ2) is 5.07. The van der Waals surface area contributed by atoms with Crippen LogP contribution in [0, 0.1) is 0 Å². The first kappa shape index (κ1) is 11.1. The zero-order valence-electron chi connectivity index (χ0n) is 9.43. The van der Waals surface area contributed by atoms with Crippen molar-refractivity contribution in [1.82, 2.24) is 9.88 Å². The fourth-order valence-electron chi connectivity index (χ4n) is 2.12. The van der Waals surface area contributed by atoms with Crippen LogP contribution in [0.1, 0.15) is 18.5 Å². The summed E-state index contributed by atoms with van der Waals surface area (Å²) in [4.78, 5) is 17.9. The smallest absolute Gasteiger partial charge is 0.323 e. The number of pyridine rings is 1. The highest BCUT2D eigenvalue weighted by molar-refractivity contribution is 5.75. The highest BCUT2D eigenvalue weighted by Crippen LogP contribution is 2.20. The van der Waals surface area contributed by atoms with Crippen molar-refractivity contribution in [2.75, 3.05) is 13.7 Å². The maximum absolute atomic E-state index is 11.5. The lowest BCUT2D eigenvalue weighted by atomic mass is 10.2. The first-order chi connectivity index (χ1) is 7.81. The number of rotatable bonds is 3. The van der Waals surface area contributed by atoms with Crippen LogP contribution in [0.5, 0.6) is 0 Å². The molecule has 2 rings (SSSR count). The summed E-state index contributed by atoms with van der Waals surface area (Å²) < 4.78 is 4.80. The van der Waals surface area contributed by atoms with Crippen LogP contribution in [0.4, 0.5) is 0 Å². The molecule has 0 unspecified atom stereocenters. The number of hydrogen-bond acceptors (Lipinski definition) is 4. The van der Waals surface area contributed by atoms with E-state index in [1.807, 2.05) is 18.2 Å². The fraction of sp³-hybridized carbons (Fsp3) is 0.500. The lowest BCUT2D eigenvalue weighted by Crippen LogP contribution is -2.36. The molecule has 16 heavy (non-hydrogen) atoms. The SMILES string of the molecule is COC(=O)[C@@H]1CCCN1Cc1ccccn1. The first-order valence-electron chi connectivity index (χ1n) is 5.53. The minimum Gasteiger partial charge on any atom is -0.468 e. The number of likely N-dealkylation sites (tertiary alicyclic amines) is 1. The lowest BCUT2D eigenvalue weighted by Gasteiger charge is -2.21. The normalized spacial score (nSPS) is 20.9. The predicted octanol–water partition coefficient (Wildman–Crippen LogP) is 1.22. The zero-order valence-corrected chi connectivity index (χ0v) is 9.43. The van der Waals surface area contributed by atoms with Crippen molar-refractivity contribution in [3.8, 4) is 0 Å². The molecule has 1 aliphatic heterocycles. The molecule has 0 spiro atoms. The average molecular weight is 220 g/mol. The minimum absolute atomic E-state index is 0.0907. The van der Waals surface area contributed by atoms with Crippen LogP contribution >= 0.6 is 0 Å². The van der Waals surface area contributed by atoms with E-state index in [-0.39, 0.29) is 12.0 Å². The molecule has 0 aliphatic carbocycles. The van der Waals surface area contributed by atoms with E-state index in [1.165, 1.54) is 7.11 Å². The number of nitrogens with zero attached hydrogens (tertiary/aromatic N) is 2. The summed E-state index contributed by atoms with van der Waals surface area (Å²) >= 11 is 0. The van der Waals surface area contributed by atoms with E-state index in [9.17, 15) is 4.79 Å². The van der Waals surface area contributed by atoms with Gasteiger partial charge >= 0.3 is 5.97 Å². The summed E-state index contributed by atoms with van der Waals surface area (Å²) in [5, 5.41) is 0. The van der Waals surface area contributed by atoms with Crippen molar-refractivity contribution >= 4 is 5.97 Å². The molecule has 1 aromatic heterocycles. The molecular formula is C12H16N2O2. The Morgan fingerprint density at radius 1 is 1.62 bits per heavy atom. The number of esters is 1. The second-order valence-electron chi connectivity index (χ2n) is 3.97. The zero-order chi connectivity index (χ0) is 11.4. The van der Waals surface area contributed by atoms with Gasteiger partial charge in [0.25, 0.3) is 0 Å². The van der Waals surface area contributed by atoms with Gasteiger partial charge in [-0.2, -0.15) is 0 Å². The summed E-state index contributed by atoms with van der Waals surface area (Å²) in [6, 6.07) is 5.75. The van der Waals surface area contributed by atoms with Gasteiger partial charge in [0.2, 0.25) is 0 Å². The van der Waals surface area contributed by atoms with Crippen molar-refractivity contribution < 1.29 is 9.53 Å². The van der Waals surface area contributed by atoms with E-state index in [0.717, 1.165) is 31.6 Å². The number of carbonyl (C=O) groups is 1. The van der Waals surface area contributed by atoms with Crippen LogP contribution in [0.3, 0.4) is 0 Å². The monoisotopic (exact) mass is 220 g/mol. The van der Waals surface area contributed by atoms with Crippen molar-refractivity contribution in [3.05, 3.63) is 30.1 Å². The van der Waals surface area contributed by atoms with E-state index in [0.29, 0.717) is 0 Å². The summed E-state index contributed by atoms with van der Waals surface area (Å²) in [6.45, 7) is 1.66. The largest absolute Gasteiger partial charge is 0.468 e. The van der Waals surface area contributed by atoms with Gasteiger partial charge in [-0.15, -0.1) is 0 Å². The third kappa shape index (κ3) is 2.39. The second-order valence-corrected chi connectivity index (χ2v) is 3.97. The van der Waals surface area contributed by atoms with Gasteiger partial charge < -0.3 is 4.74 Å². The Bertz CT molecular complexity index is 353. The lowest BCUT2D eigenvalue weighted by molar-refractivity contribution is -0.146. The van der Waals surface area contributed by atoms with Gasteiger partial charge in [-0.3, -0.25) is 14.7 Å². The number of carbonyl (C=O) groups excluding carboxylic acids is 1. The van der Waals surface area contributed by atoms with Crippen LogP contribution in [0.15, 0.2) is 24.4 Å². The number of ether oxygens (including phenoxy) is 1. The molecule has 1 aromatic rings. The number of aromatic nitrogens is 1. The van der Waals surface area contributed by atoms with Crippen LogP contribution in [-0.2, 0) is 16.1 Å². The molecule has 86 valence electrons. The number of methoxy groups -OCH3 is 1. The molecule has 0 aromatic carbocycles. The fourth-order valence-corrected chi connectivity index (χ4v) is 2.12. The van der Waals surface area contributed by atoms with Gasteiger partial charge in [-0.05, 0) is 31.5 Å². The van der Waals surface area contributed by atoms with Gasteiger partial charge in [0, 0.05) is 12.7 Å². The molecule has 4 nitrogen and oxygen atoms in total. The molecule has 0 saturated carbocycles. The summed E-state index contributed by atoms with van der Waals surface area (Å²) in [5.41, 5.74) is 0.998. The van der Waals surface area contributed by atoms with Gasteiger partial charge in [-0.1, -0.05) is 6.07 Å². The van der Waals surface area contributed by atoms with Gasteiger partial charge in [0.1, 0.15) is 6.04 Å². The third-order valence-corrected chi connectivity index (χ3v) is 2.93. The van der Waals surface area contributed by atoms with Gasteiger partial charge in [0.15, 0.2) is 0 Å². The Labute approximate surface area is 95.2 Å². The van der Waals surface area contributed by atoms with Crippen LogP contribution in [0.2, 0.25) is 0 Å². The van der Waals surface area contributed by atoms with Crippen molar-refractivity contribution in [1.29, 1.82) is 0 Å². The Morgan fingerprint density at radius 3 is 3.19 bits per heavy atom. The summed E-state index contributed by atoms with van der Waals surface area (Å²) in [6.07, 6.45) is 3.71. The molecule has 1 fully saturated rings. The molecule has 0 N–H and O–H groups in total. The summed E-state index contributed by atoms with van der Waals surface area (Å²) in [7, 11) is 1.44. The van der Waals surface area contributed by atoms with Crippen molar-refractivity contribution in [2.45, 2.75) is 25.4 Å². The van der Waals surface area contributed by atoms with Gasteiger partial charge in [0.05, 0.1) is 12.8 Å². The van der Waals surface area contributed by atoms with E-state index < -0.39 is 0 Å².